The molecule has 0 bridgehead atoms. The molecule has 4 nitrogen and oxygen atoms in total. The third kappa shape index (κ3) is 3.62. The molecule has 1 aromatic heterocycles. The lowest BCUT2D eigenvalue weighted by atomic mass is 10.2. The number of nitrogens with one attached hydrogen (secondary N) is 1. The van der Waals surface area contributed by atoms with Gasteiger partial charge in [-0.3, -0.25) is 0 Å². The van der Waals surface area contributed by atoms with Gasteiger partial charge in [0.25, 0.3) is 0 Å². The van der Waals surface area contributed by atoms with E-state index in [4.69, 9.17) is 39.1 Å². The minimum atomic E-state index is 0.306. The molecule has 0 aliphatic carbocycles. The molecule has 0 aliphatic rings. The molecule has 0 aliphatic heterocycles. The summed E-state index contributed by atoms with van der Waals surface area (Å²) in [6.45, 7) is 0.306. The van der Waals surface area contributed by atoms with Crippen molar-refractivity contribution in [1.82, 2.24) is 0 Å². The van der Waals surface area contributed by atoms with Crippen LogP contribution in [-0.4, -0.2) is 6.34 Å². The van der Waals surface area contributed by atoms with Crippen molar-refractivity contribution in [2.45, 2.75) is 6.61 Å². The molecule has 2 rings (SSSR count). The molecule has 0 unspecified atom stereocenters. The quantitative estimate of drug-likeness (QED) is 0.486. The summed E-state index contributed by atoms with van der Waals surface area (Å²) < 4.78 is 7.93. The van der Waals surface area contributed by atoms with Crippen LogP contribution in [0.25, 0.3) is 0 Å². The number of ether oxygens (including phenoxy) is 1. The summed E-state index contributed by atoms with van der Waals surface area (Å²) in [5.41, 5.74) is 6.67. The maximum atomic E-state index is 7.21. The van der Waals surface area contributed by atoms with Gasteiger partial charge in [0, 0.05) is 21.7 Å². The number of nitrogens with zero attached hydrogens (tertiary/aromatic N) is 1. The van der Waals surface area contributed by atoms with Gasteiger partial charge >= 0.3 is 0 Å². The predicted octanol–water partition coefficient (Wildman–Crippen LogP) is 3.66. The van der Waals surface area contributed by atoms with Crippen molar-refractivity contribution in [2.24, 2.45) is 0 Å². The molecular weight excluding hydrogens is 365 g/mol. The highest BCUT2D eigenvalue weighted by Gasteiger charge is 2.09. The van der Waals surface area contributed by atoms with E-state index < -0.39 is 0 Å². The van der Waals surface area contributed by atoms with Crippen molar-refractivity contribution >= 4 is 51.3 Å². The maximum absolute atomic E-state index is 7.21. The van der Waals surface area contributed by atoms with Crippen LogP contribution < -0.4 is 15.0 Å². The number of hydrogen-bond acceptors (Lipinski definition) is 3. The first-order chi connectivity index (χ1) is 9.49. The lowest BCUT2D eigenvalue weighted by Crippen LogP contribution is -2.36. The number of nitrogen functional groups attached to an aromatic ring is 1. The highest BCUT2D eigenvalue weighted by atomic mass is 79.9. The van der Waals surface area contributed by atoms with Gasteiger partial charge in [0.15, 0.2) is 0 Å². The van der Waals surface area contributed by atoms with E-state index in [0.29, 0.717) is 28.2 Å². The summed E-state index contributed by atoms with van der Waals surface area (Å²) >= 11 is 15.2. The first kappa shape index (κ1) is 15.1. The van der Waals surface area contributed by atoms with Crippen LogP contribution in [0.4, 0.5) is 5.82 Å². The van der Waals surface area contributed by atoms with Crippen LogP contribution in [0.15, 0.2) is 34.9 Å². The second-order valence-electron chi connectivity index (χ2n) is 4.00. The largest absolute Gasteiger partial charge is 0.489 e. The highest BCUT2D eigenvalue weighted by Crippen LogP contribution is 2.26. The van der Waals surface area contributed by atoms with E-state index >= 15 is 0 Å². The average molecular weight is 376 g/mol. The van der Waals surface area contributed by atoms with E-state index in [-0.39, 0.29) is 0 Å². The lowest BCUT2D eigenvalue weighted by Gasteiger charge is -2.09. The smallest absolute Gasteiger partial charge is 0.223 e. The Morgan fingerprint density at radius 2 is 1.90 bits per heavy atom. The van der Waals surface area contributed by atoms with Crippen molar-refractivity contribution in [1.29, 1.82) is 5.41 Å². The van der Waals surface area contributed by atoms with Gasteiger partial charge in [-0.25, -0.2) is 4.57 Å². The van der Waals surface area contributed by atoms with Gasteiger partial charge in [-0.05, 0) is 34.1 Å². The van der Waals surface area contributed by atoms with E-state index in [1.165, 1.54) is 4.57 Å². The number of rotatable bonds is 4. The third-order valence-corrected chi connectivity index (χ3v) is 3.70. The molecule has 1 aromatic carbocycles. The second-order valence-corrected chi connectivity index (χ2v) is 5.73. The first-order valence-corrected chi connectivity index (χ1v) is 7.13. The molecular formula is C13H11BrCl2N3O+. The number of pyridine rings is 1. The van der Waals surface area contributed by atoms with Gasteiger partial charge in [-0.15, -0.1) is 0 Å². The SMILES string of the molecule is N=C[n+]1cc(Br)c(COc2cc(Cl)cc(Cl)c2)cc1N. The molecule has 0 radical (unpaired) electrons. The average Bonchev–Trinajstić information content (AvgIpc) is 2.38. The molecule has 0 atom stereocenters. The van der Waals surface area contributed by atoms with Crippen molar-refractivity contribution in [3.05, 3.63) is 50.5 Å². The van der Waals surface area contributed by atoms with E-state index in [0.717, 1.165) is 16.4 Å². The van der Waals surface area contributed by atoms with Gasteiger partial charge in [0.2, 0.25) is 12.2 Å². The van der Waals surface area contributed by atoms with Crippen LogP contribution in [0, 0.1) is 5.41 Å². The van der Waals surface area contributed by atoms with E-state index in [9.17, 15) is 0 Å². The Morgan fingerprint density at radius 1 is 1.25 bits per heavy atom. The van der Waals surface area contributed by atoms with Gasteiger partial charge in [-0.1, -0.05) is 23.2 Å². The summed E-state index contributed by atoms with van der Waals surface area (Å²) in [5, 5.41) is 8.24. The molecule has 2 aromatic rings. The van der Waals surface area contributed by atoms with Crippen molar-refractivity contribution in [3.63, 3.8) is 0 Å². The Labute approximate surface area is 134 Å². The number of aromatic nitrogens is 1. The zero-order valence-corrected chi connectivity index (χ0v) is 13.3. The Kier molecular flexibility index (Phi) is 4.86. The van der Waals surface area contributed by atoms with E-state index in [2.05, 4.69) is 15.9 Å². The third-order valence-electron chi connectivity index (χ3n) is 2.55. The number of nitrogens with two attached hydrogens (primary N) is 1. The van der Waals surface area contributed by atoms with Crippen LogP contribution in [0.3, 0.4) is 0 Å². The van der Waals surface area contributed by atoms with Crippen molar-refractivity contribution in [3.8, 4) is 5.75 Å². The molecule has 20 heavy (non-hydrogen) atoms. The number of anilines is 1. The van der Waals surface area contributed by atoms with Crippen LogP contribution in [0.2, 0.25) is 10.0 Å². The van der Waals surface area contributed by atoms with E-state index in [1.807, 2.05) is 0 Å². The molecule has 7 heteroatoms. The van der Waals surface area contributed by atoms with Gasteiger partial charge in [0.05, 0.1) is 10.7 Å². The first-order valence-electron chi connectivity index (χ1n) is 5.58. The fraction of sp³-hybridized carbons (Fsp3) is 0.0769. The van der Waals surface area contributed by atoms with Gasteiger partial charge in [-0.2, -0.15) is 5.41 Å². The van der Waals surface area contributed by atoms with Crippen LogP contribution in [0.1, 0.15) is 5.56 Å². The Bertz CT molecular complexity index is 644. The molecule has 104 valence electrons. The minimum absolute atomic E-state index is 0.306. The van der Waals surface area contributed by atoms with Crippen LogP contribution in [-0.2, 0) is 6.61 Å². The Morgan fingerprint density at radius 3 is 2.50 bits per heavy atom. The molecule has 0 amide bonds. The normalized spacial score (nSPS) is 10.3. The molecule has 3 N–H and O–H groups in total. The molecule has 1 heterocycles. The highest BCUT2D eigenvalue weighted by molar-refractivity contribution is 9.10. The fourth-order valence-electron chi connectivity index (χ4n) is 1.60. The molecule has 0 fully saturated rings. The summed E-state index contributed by atoms with van der Waals surface area (Å²) in [6.07, 6.45) is 2.83. The Hall–Kier alpha value is -1.30. The standard InChI is InChI=1S/C13H10BrCl2N3O/c14-12-5-19(7-17)13(18)1-8(12)6-20-11-3-9(15)2-10(16)4-11/h1-5,7,17-18H,6H2/p+1. The number of benzene rings is 1. The van der Waals surface area contributed by atoms with Gasteiger partial charge < -0.3 is 10.5 Å². The topological polar surface area (TPSA) is 63.0 Å². The van der Waals surface area contributed by atoms with Crippen molar-refractivity contribution in [2.75, 3.05) is 5.73 Å². The second kappa shape index (κ2) is 6.43. The minimum Gasteiger partial charge on any atom is -0.489 e. The molecule has 0 saturated heterocycles. The predicted molar refractivity (Wildman–Crippen MR) is 83.7 cm³/mol. The fourth-order valence-corrected chi connectivity index (χ4v) is 2.55. The summed E-state index contributed by atoms with van der Waals surface area (Å²) in [6, 6.07) is 6.75. The molecule has 0 saturated carbocycles. The van der Waals surface area contributed by atoms with Crippen LogP contribution in [0.5, 0.6) is 5.75 Å². The Balaban J connectivity index is 2.18. The molecule has 0 spiro atoms. The van der Waals surface area contributed by atoms with Gasteiger partial charge in [0.1, 0.15) is 12.4 Å². The van der Waals surface area contributed by atoms with Crippen molar-refractivity contribution < 1.29 is 9.30 Å². The number of halogens is 3. The zero-order chi connectivity index (χ0) is 14.7. The monoisotopic (exact) mass is 374 g/mol. The maximum Gasteiger partial charge on any atom is 0.223 e. The summed E-state index contributed by atoms with van der Waals surface area (Å²) in [4.78, 5) is 0. The summed E-state index contributed by atoms with van der Waals surface area (Å²) in [7, 11) is 0. The number of hydrogen-bond donors (Lipinski definition) is 2. The zero-order valence-electron chi connectivity index (χ0n) is 10.2. The lowest BCUT2D eigenvalue weighted by molar-refractivity contribution is -0.531. The summed E-state index contributed by atoms with van der Waals surface area (Å²) in [5.74, 6) is 1.03. The van der Waals surface area contributed by atoms with Crippen LogP contribution >= 0.6 is 39.1 Å². The van der Waals surface area contributed by atoms with E-state index in [1.54, 1.807) is 30.5 Å².